The highest BCUT2D eigenvalue weighted by Gasteiger charge is 2.88. The maximum atomic E-state index is 13.7. The van der Waals surface area contributed by atoms with Crippen LogP contribution < -0.4 is 10.1 Å². The van der Waals surface area contributed by atoms with Gasteiger partial charge in [-0.1, -0.05) is 12.1 Å². The zero-order chi connectivity index (χ0) is 31.7. The Morgan fingerprint density at radius 2 is 1.89 bits per heavy atom. The standard InChI is InChI=1S/C35H46FN3O6/c1-3-44-31-19-30(26-6-8-28(36)9-7-26)29(25-4-5-25)18-27(31)20-39-13-10-33(11-14-39,45-24-41)23-38(2)35-21-34(35,22-35)32(42)37-12-16-43-17-15-40/h6-9,18-19,24-25,40H,3-5,10-17,20-23H2,1-2H3,(H,37,42). The van der Waals surface area contributed by atoms with Crippen LogP contribution in [0.25, 0.3) is 11.1 Å². The molecule has 45 heavy (non-hydrogen) atoms. The Labute approximate surface area is 265 Å². The number of carbonyl (C=O) groups is 2. The van der Waals surface area contributed by atoms with Crippen LogP contribution in [0.5, 0.6) is 5.75 Å². The van der Waals surface area contributed by atoms with E-state index in [1.54, 1.807) is 0 Å². The minimum atomic E-state index is -0.596. The molecule has 2 aromatic carbocycles. The summed E-state index contributed by atoms with van der Waals surface area (Å²) in [6.45, 7) is 7.05. The maximum Gasteiger partial charge on any atom is 0.293 e. The molecule has 6 rings (SSSR count). The van der Waals surface area contributed by atoms with Gasteiger partial charge in [-0.25, -0.2) is 4.39 Å². The van der Waals surface area contributed by atoms with Gasteiger partial charge in [0.05, 0.1) is 31.8 Å². The highest BCUT2D eigenvalue weighted by molar-refractivity contribution is 5.93. The fourth-order valence-electron chi connectivity index (χ4n) is 7.47. The van der Waals surface area contributed by atoms with Crippen LogP contribution in [0, 0.1) is 11.2 Å². The van der Waals surface area contributed by atoms with E-state index in [2.05, 4.69) is 27.2 Å². The number of rotatable bonds is 17. The minimum absolute atomic E-state index is 0.0320. The van der Waals surface area contributed by atoms with Crippen LogP contribution in [0.3, 0.4) is 0 Å². The van der Waals surface area contributed by atoms with Gasteiger partial charge in [-0.3, -0.25) is 19.4 Å². The summed E-state index contributed by atoms with van der Waals surface area (Å²) in [7, 11) is 2.05. The molecule has 0 bridgehead atoms. The number of ether oxygens (including phenoxy) is 3. The molecule has 3 saturated carbocycles. The molecule has 0 spiro atoms. The summed E-state index contributed by atoms with van der Waals surface area (Å²) in [5.74, 6) is 1.19. The first kappa shape index (κ1) is 31.9. The number of carbonyl (C=O) groups excluding carboxylic acids is 2. The molecule has 0 aromatic heterocycles. The number of nitrogens with zero attached hydrogens (tertiary/aromatic N) is 2. The predicted molar refractivity (Wildman–Crippen MR) is 167 cm³/mol. The molecular weight excluding hydrogens is 577 g/mol. The Balaban J connectivity index is 1.09. The van der Waals surface area contributed by atoms with Crippen molar-refractivity contribution in [3.63, 3.8) is 0 Å². The van der Waals surface area contributed by atoms with Crippen LogP contribution in [0.2, 0.25) is 0 Å². The number of piperidine rings is 1. The van der Waals surface area contributed by atoms with Crippen LogP contribution in [-0.2, 0) is 25.6 Å². The van der Waals surface area contributed by atoms with E-state index in [1.165, 1.54) is 17.7 Å². The summed E-state index contributed by atoms with van der Waals surface area (Å²) in [6, 6.07) is 11.1. The molecule has 4 fully saturated rings. The number of hydrogen-bond donors (Lipinski definition) is 2. The van der Waals surface area contributed by atoms with E-state index in [0.717, 1.165) is 67.8 Å². The molecule has 1 amide bonds. The highest BCUT2D eigenvalue weighted by Crippen LogP contribution is 2.81. The smallest absolute Gasteiger partial charge is 0.293 e. The first-order valence-electron chi connectivity index (χ1n) is 16.4. The van der Waals surface area contributed by atoms with Gasteiger partial charge in [-0.05, 0) is 86.5 Å². The Morgan fingerprint density at radius 3 is 2.53 bits per heavy atom. The molecule has 1 heterocycles. The van der Waals surface area contributed by atoms with Gasteiger partial charge in [0, 0.05) is 56.7 Å². The van der Waals surface area contributed by atoms with Crippen molar-refractivity contribution in [1.29, 1.82) is 0 Å². The van der Waals surface area contributed by atoms with E-state index in [-0.39, 0.29) is 35.9 Å². The summed E-state index contributed by atoms with van der Waals surface area (Å²) >= 11 is 0. The number of likely N-dealkylation sites (tertiary alicyclic amines) is 1. The van der Waals surface area contributed by atoms with Crippen molar-refractivity contribution in [3.8, 4) is 16.9 Å². The van der Waals surface area contributed by atoms with E-state index in [0.29, 0.717) is 51.5 Å². The zero-order valence-electron chi connectivity index (χ0n) is 26.5. The number of benzene rings is 2. The van der Waals surface area contributed by atoms with Crippen molar-refractivity contribution in [3.05, 3.63) is 53.3 Å². The van der Waals surface area contributed by atoms with E-state index in [4.69, 9.17) is 19.3 Å². The fourth-order valence-corrected chi connectivity index (χ4v) is 7.47. The second-order valence-electron chi connectivity index (χ2n) is 13.3. The first-order chi connectivity index (χ1) is 21.8. The van der Waals surface area contributed by atoms with Crippen LogP contribution in [0.15, 0.2) is 36.4 Å². The molecule has 3 aliphatic carbocycles. The third-order valence-electron chi connectivity index (χ3n) is 10.5. The van der Waals surface area contributed by atoms with Crippen molar-refractivity contribution in [2.24, 2.45) is 5.41 Å². The monoisotopic (exact) mass is 623 g/mol. The van der Waals surface area contributed by atoms with E-state index >= 15 is 0 Å². The minimum Gasteiger partial charge on any atom is -0.494 e. The summed E-state index contributed by atoms with van der Waals surface area (Å²) in [5, 5.41) is 11.8. The Hall–Kier alpha value is -3.05. The molecule has 0 atom stereocenters. The van der Waals surface area contributed by atoms with Crippen LogP contribution in [0.1, 0.15) is 62.5 Å². The van der Waals surface area contributed by atoms with Gasteiger partial charge in [0.15, 0.2) is 0 Å². The van der Waals surface area contributed by atoms with Crippen molar-refractivity contribution in [1.82, 2.24) is 15.1 Å². The normalized spacial score (nSPS) is 25.0. The molecule has 2 N–H and O–H groups in total. The number of hydrogen-bond acceptors (Lipinski definition) is 8. The van der Waals surface area contributed by atoms with Gasteiger partial charge in [-0.15, -0.1) is 0 Å². The van der Waals surface area contributed by atoms with Crippen LogP contribution in [-0.4, -0.2) is 98.1 Å². The molecule has 0 unspecified atom stereocenters. The average Bonchev–Trinajstić information content (AvgIpc) is 3.93. The SMILES string of the molecule is CCOc1cc(-c2ccc(F)cc2)c(C2CC2)cc1CN1CCC(CN(C)C23CC2(C(=O)NCCOCCO)C3)(OC=O)CC1. The van der Waals surface area contributed by atoms with Crippen molar-refractivity contribution in [2.45, 2.75) is 69.1 Å². The Bertz CT molecular complexity index is 1370. The number of fused-ring (bicyclic) bond motifs is 1. The first-order valence-corrected chi connectivity index (χ1v) is 16.4. The van der Waals surface area contributed by atoms with Crippen molar-refractivity contribution < 1.29 is 33.3 Å². The second-order valence-corrected chi connectivity index (χ2v) is 13.3. The van der Waals surface area contributed by atoms with Gasteiger partial charge in [-0.2, -0.15) is 0 Å². The molecule has 1 aliphatic heterocycles. The van der Waals surface area contributed by atoms with Crippen LogP contribution >= 0.6 is 0 Å². The Kier molecular flexibility index (Phi) is 9.21. The largest absolute Gasteiger partial charge is 0.494 e. The molecule has 244 valence electrons. The van der Waals surface area contributed by atoms with Gasteiger partial charge in [0.1, 0.15) is 17.2 Å². The lowest BCUT2D eigenvalue weighted by Crippen LogP contribution is -2.52. The number of amides is 1. The number of nitrogens with one attached hydrogen (secondary N) is 1. The highest BCUT2D eigenvalue weighted by atomic mass is 19.1. The fraction of sp³-hybridized carbons (Fsp3) is 0.600. The molecule has 0 radical (unpaired) electrons. The van der Waals surface area contributed by atoms with Crippen molar-refractivity contribution in [2.75, 3.05) is 59.7 Å². The number of aliphatic hydroxyl groups excluding tert-OH is 1. The maximum absolute atomic E-state index is 13.7. The third kappa shape index (κ3) is 6.48. The van der Waals surface area contributed by atoms with Gasteiger partial charge < -0.3 is 24.6 Å². The zero-order valence-corrected chi connectivity index (χ0v) is 26.5. The number of halogens is 1. The number of aliphatic hydroxyl groups is 1. The topological polar surface area (TPSA) is 101 Å². The predicted octanol–water partition coefficient (Wildman–Crippen LogP) is 3.87. The average molecular weight is 624 g/mol. The molecule has 4 aliphatic rings. The molecule has 2 aromatic rings. The van der Waals surface area contributed by atoms with E-state index < -0.39 is 5.60 Å². The molecule has 10 heteroatoms. The number of likely N-dealkylation sites (N-methyl/N-ethyl adjacent to an activating group) is 1. The van der Waals surface area contributed by atoms with Gasteiger partial charge in [0.25, 0.3) is 6.47 Å². The molecular formula is C35H46FN3O6. The van der Waals surface area contributed by atoms with E-state index in [9.17, 15) is 14.0 Å². The molecule has 1 saturated heterocycles. The summed E-state index contributed by atoms with van der Waals surface area (Å²) in [6.07, 6.45) is 5.38. The summed E-state index contributed by atoms with van der Waals surface area (Å²) in [5.41, 5.74) is 3.47. The molecule has 9 nitrogen and oxygen atoms in total. The third-order valence-corrected chi connectivity index (χ3v) is 10.5. The van der Waals surface area contributed by atoms with Crippen LogP contribution in [0.4, 0.5) is 4.39 Å². The quantitative estimate of drug-likeness (QED) is 0.203. The van der Waals surface area contributed by atoms with E-state index in [1.807, 2.05) is 26.1 Å². The Morgan fingerprint density at radius 1 is 1.16 bits per heavy atom. The lowest BCUT2D eigenvalue weighted by molar-refractivity contribution is -0.152. The van der Waals surface area contributed by atoms with Crippen molar-refractivity contribution >= 4 is 12.4 Å². The second kappa shape index (κ2) is 13.0. The lowest BCUT2D eigenvalue weighted by Gasteiger charge is -2.43. The van der Waals surface area contributed by atoms with Gasteiger partial charge >= 0.3 is 0 Å². The summed E-state index contributed by atoms with van der Waals surface area (Å²) in [4.78, 5) is 29.3. The van der Waals surface area contributed by atoms with Gasteiger partial charge in [0.2, 0.25) is 5.91 Å². The lowest BCUT2D eigenvalue weighted by atomic mass is 9.89. The summed E-state index contributed by atoms with van der Waals surface area (Å²) < 4.78 is 30.9.